The van der Waals surface area contributed by atoms with Crippen molar-refractivity contribution >= 4 is 65.3 Å². The number of ether oxygens (including phenoxy) is 1. The summed E-state index contributed by atoms with van der Waals surface area (Å²) in [5.74, 6) is -0.458. The van der Waals surface area contributed by atoms with Gasteiger partial charge in [-0.05, 0) is 42.0 Å². The van der Waals surface area contributed by atoms with Crippen molar-refractivity contribution in [3.8, 4) is 0 Å². The molecule has 0 aliphatic rings. The Balaban J connectivity index is 2.44. The number of rotatable bonds is 5. The first-order valence-electron chi connectivity index (χ1n) is 6.84. The summed E-state index contributed by atoms with van der Waals surface area (Å²) in [6, 6.07) is 14.3. The molecule has 7 heteroatoms. The number of hydrogen-bond donors (Lipinski definition) is 0. The first kappa shape index (κ1) is 19.4. The molecule has 0 aliphatic heterocycles. The molecule has 2 aromatic rings. The average molecular weight is 493 g/mol. The number of esters is 1. The van der Waals surface area contributed by atoms with Crippen molar-refractivity contribution in [2.24, 2.45) is 0 Å². The standard InChI is InChI=1S/C17H13Br2ClO3S/c1-11(21)23-10-16(17(20)12-2-4-13(18)5-3-12)24(22)15-8-6-14(19)7-9-15/h2-9H,10H2,1H3/b17-16-. The summed E-state index contributed by atoms with van der Waals surface area (Å²) in [4.78, 5) is 12.1. The Bertz CT molecular complexity index is 786. The molecule has 0 aromatic heterocycles. The van der Waals surface area contributed by atoms with Gasteiger partial charge in [0.05, 0.1) is 20.7 Å². The van der Waals surface area contributed by atoms with Gasteiger partial charge in [-0.3, -0.25) is 4.79 Å². The van der Waals surface area contributed by atoms with Crippen LogP contribution in [0.2, 0.25) is 0 Å². The molecule has 2 rings (SSSR count). The van der Waals surface area contributed by atoms with Gasteiger partial charge >= 0.3 is 5.97 Å². The molecule has 3 nitrogen and oxygen atoms in total. The average Bonchev–Trinajstić information content (AvgIpc) is 2.55. The van der Waals surface area contributed by atoms with Crippen LogP contribution in [-0.4, -0.2) is 16.8 Å². The van der Waals surface area contributed by atoms with Crippen LogP contribution in [0.15, 0.2) is 67.3 Å². The Hall–Kier alpha value is -0.950. The maximum absolute atomic E-state index is 12.9. The molecular formula is C17H13Br2ClO3S. The minimum Gasteiger partial charge on any atom is -0.460 e. The fraction of sp³-hybridized carbons (Fsp3) is 0.118. The van der Waals surface area contributed by atoms with Crippen LogP contribution in [0.3, 0.4) is 0 Å². The molecule has 0 N–H and O–H groups in total. The van der Waals surface area contributed by atoms with Crippen LogP contribution in [0.25, 0.3) is 5.03 Å². The van der Waals surface area contributed by atoms with Crippen LogP contribution in [-0.2, 0) is 20.3 Å². The van der Waals surface area contributed by atoms with Gasteiger partial charge in [-0.25, -0.2) is 4.21 Å². The van der Waals surface area contributed by atoms with E-state index in [1.165, 1.54) is 6.92 Å². The molecular weight excluding hydrogens is 480 g/mol. The molecule has 0 spiro atoms. The highest BCUT2D eigenvalue weighted by atomic mass is 79.9. The third-order valence-electron chi connectivity index (χ3n) is 3.00. The zero-order chi connectivity index (χ0) is 17.7. The lowest BCUT2D eigenvalue weighted by Gasteiger charge is -2.11. The molecule has 1 atom stereocenters. The maximum atomic E-state index is 12.9. The monoisotopic (exact) mass is 490 g/mol. The topological polar surface area (TPSA) is 43.4 Å². The lowest BCUT2D eigenvalue weighted by Crippen LogP contribution is -2.09. The highest BCUT2D eigenvalue weighted by Gasteiger charge is 2.18. The third-order valence-corrected chi connectivity index (χ3v) is 6.09. The number of carbonyl (C=O) groups is 1. The van der Waals surface area contributed by atoms with Crippen molar-refractivity contribution in [2.45, 2.75) is 11.8 Å². The van der Waals surface area contributed by atoms with Gasteiger partial charge in [0, 0.05) is 20.8 Å². The fourth-order valence-electron chi connectivity index (χ4n) is 1.82. The van der Waals surface area contributed by atoms with Gasteiger partial charge < -0.3 is 4.74 Å². The highest BCUT2D eigenvalue weighted by molar-refractivity contribution is 9.10. The lowest BCUT2D eigenvalue weighted by atomic mass is 10.2. The van der Waals surface area contributed by atoms with E-state index in [9.17, 15) is 9.00 Å². The summed E-state index contributed by atoms with van der Waals surface area (Å²) in [6.07, 6.45) is 0. The highest BCUT2D eigenvalue weighted by Crippen LogP contribution is 2.29. The van der Waals surface area contributed by atoms with Gasteiger partial charge in [-0.1, -0.05) is 55.6 Å². The van der Waals surface area contributed by atoms with Crippen LogP contribution in [0.1, 0.15) is 12.5 Å². The summed E-state index contributed by atoms with van der Waals surface area (Å²) < 4.78 is 19.7. The van der Waals surface area contributed by atoms with E-state index in [1.807, 2.05) is 12.1 Å². The second kappa shape index (κ2) is 8.94. The van der Waals surface area contributed by atoms with E-state index in [4.69, 9.17) is 16.3 Å². The van der Waals surface area contributed by atoms with Gasteiger partial charge in [-0.2, -0.15) is 0 Å². The zero-order valence-corrected chi connectivity index (χ0v) is 17.3. The van der Waals surface area contributed by atoms with Crippen LogP contribution in [0.5, 0.6) is 0 Å². The van der Waals surface area contributed by atoms with Crippen molar-refractivity contribution in [3.05, 3.63) is 67.9 Å². The second-order valence-corrected chi connectivity index (χ2v) is 8.46. The van der Waals surface area contributed by atoms with Crippen molar-refractivity contribution in [1.82, 2.24) is 0 Å². The Kier molecular flexibility index (Phi) is 7.22. The minimum atomic E-state index is -1.54. The number of carbonyl (C=O) groups excluding carboxylic acids is 1. The van der Waals surface area contributed by atoms with Crippen LogP contribution in [0.4, 0.5) is 0 Å². The summed E-state index contributed by atoms with van der Waals surface area (Å²) in [6.45, 7) is 1.17. The van der Waals surface area contributed by atoms with E-state index in [0.717, 1.165) is 8.95 Å². The third kappa shape index (κ3) is 5.28. The quantitative estimate of drug-likeness (QED) is 0.519. The molecule has 1 unspecified atom stereocenters. The van der Waals surface area contributed by atoms with E-state index in [1.54, 1.807) is 36.4 Å². The molecule has 0 bridgehead atoms. The van der Waals surface area contributed by atoms with Crippen LogP contribution >= 0.6 is 43.5 Å². The molecule has 0 radical (unpaired) electrons. The van der Waals surface area contributed by atoms with E-state index in [-0.39, 0.29) is 6.61 Å². The van der Waals surface area contributed by atoms with Gasteiger partial charge in [0.25, 0.3) is 0 Å². The smallest absolute Gasteiger partial charge is 0.302 e. The lowest BCUT2D eigenvalue weighted by molar-refractivity contribution is -0.139. The number of halogens is 3. The normalized spacial score (nSPS) is 13.2. The maximum Gasteiger partial charge on any atom is 0.302 e. The second-order valence-electron chi connectivity index (χ2n) is 4.75. The van der Waals surface area contributed by atoms with E-state index >= 15 is 0 Å². The minimum absolute atomic E-state index is 0.132. The molecule has 24 heavy (non-hydrogen) atoms. The predicted octanol–water partition coefficient (Wildman–Crippen LogP) is 5.49. The number of benzene rings is 2. The fourth-order valence-corrected chi connectivity index (χ4v) is 3.86. The molecule has 0 saturated carbocycles. The molecule has 0 heterocycles. The van der Waals surface area contributed by atoms with Crippen molar-refractivity contribution in [2.75, 3.05) is 6.61 Å². The zero-order valence-electron chi connectivity index (χ0n) is 12.6. The Morgan fingerprint density at radius 3 is 2.04 bits per heavy atom. The van der Waals surface area contributed by atoms with Crippen molar-refractivity contribution in [1.29, 1.82) is 0 Å². The molecule has 0 amide bonds. The van der Waals surface area contributed by atoms with Gasteiger partial charge in [0.1, 0.15) is 6.61 Å². The molecule has 0 fully saturated rings. The molecule has 0 aliphatic carbocycles. The summed E-state index contributed by atoms with van der Waals surface area (Å²) in [5, 5.41) is 0.310. The Morgan fingerprint density at radius 2 is 1.54 bits per heavy atom. The summed E-state index contributed by atoms with van der Waals surface area (Å²) in [5.41, 5.74) is 0.701. The van der Waals surface area contributed by atoms with Gasteiger partial charge in [0.15, 0.2) is 0 Å². The van der Waals surface area contributed by atoms with Crippen molar-refractivity contribution < 1.29 is 13.7 Å². The Morgan fingerprint density at radius 1 is 1.04 bits per heavy atom. The number of hydrogen-bond acceptors (Lipinski definition) is 3. The summed E-state index contributed by atoms with van der Waals surface area (Å²) >= 11 is 13.2. The predicted molar refractivity (Wildman–Crippen MR) is 104 cm³/mol. The van der Waals surface area contributed by atoms with Gasteiger partial charge in [-0.15, -0.1) is 0 Å². The Labute approximate surface area is 164 Å². The summed E-state index contributed by atoms with van der Waals surface area (Å²) in [7, 11) is -1.54. The largest absolute Gasteiger partial charge is 0.460 e. The molecule has 126 valence electrons. The van der Waals surface area contributed by atoms with Crippen LogP contribution < -0.4 is 0 Å². The molecule has 0 saturated heterocycles. The first-order valence-corrected chi connectivity index (χ1v) is 9.95. The SMILES string of the molecule is CC(=O)OC/C(=C(/Cl)c1ccc(Br)cc1)S(=O)c1ccc(Br)cc1. The van der Waals surface area contributed by atoms with E-state index in [0.29, 0.717) is 20.4 Å². The first-order chi connectivity index (χ1) is 11.4. The van der Waals surface area contributed by atoms with E-state index in [2.05, 4.69) is 31.9 Å². The van der Waals surface area contributed by atoms with E-state index < -0.39 is 16.8 Å². The molecule has 2 aromatic carbocycles. The van der Waals surface area contributed by atoms with Crippen LogP contribution in [0, 0.1) is 0 Å². The van der Waals surface area contributed by atoms with Crippen molar-refractivity contribution in [3.63, 3.8) is 0 Å². The van der Waals surface area contributed by atoms with Gasteiger partial charge in [0.2, 0.25) is 0 Å².